The van der Waals surface area contributed by atoms with Crippen LogP contribution < -0.4 is 26.4 Å². The van der Waals surface area contributed by atoms with Crippen LogP contribution >= 0.6 is 0 Å². The van der Waals surface area contributed by atoms with Crippen LogP contribution in [-0.4, -0.2) is 36.4 Å². The second-order valence-corrected chi connectivity index (χ2v) is 34.0. The van der Waals surface area contributed by atoms with Crippen LogP contribution in [0.4, 0.5) is 0 Å². The molecule has 3 heteroatoms. The molecule has 1 aliphatic heterocycles. The molecule has 0 unspecified atom stereocenters. The van der Waals surface area contributed by atoms with Gasteiger partial charge in [-0.25, -0.2) is 0 Å². The molecule has 6 aromatic rings. The van der Waals surface area contributed by atoms with Gasteiger partial charge >= 0.3 is 307 Å². The van der Waals surface area contributed by atoms with Crippen LogP contribution in [0.25, 0.3) is 0 Å². The molecule has 0 saturated carbocycles. The maximum absolute atomic E-state index is 8.07. The molecule has 0 amide bonds. The third kappa shape index (κ3) is 5.76. The van der Waals surface area contributed by atoms with Crippen LogP contribution in [-0.2, 0) is 4.74 Å². The average Bonchev–Trinajstić information content (AvgIpc) is 3.13. The monoisotopic (exact) mass is 778 g/mol. The Morgan fingerprint density at radius 3 is 0.740 bits per heavy atom. The molecule has 0 aliphatic carbocycles. The molecule has 1 aliphatic rings. The van der Waals surface area contributed by atoms with Crippen LogP contribution in [0.5, 0.6) is 0 Å². The van der Waals surface area contributed by atoms with E-state index in [2.05, 4.69) is 187 Å². The molecule has 0 N–H and O–H groups in total. The summed E-state index contributed by atoms with van der Waals surface area (Å²) >= 11 is -7.94. The Morgan fingerprint density at radius 1 is 0.340 bits per heavy atom. The first-order valence-corrected chi connectivity index (χ1v) is 26.7. The summed E-state index contributed by atoms with van der Waals surface area (Å²) in [6, 6.07) is 58.1. The molecule has 0 aromatic heterocycles. The number of benzene rings is 6. The molecular weight excluding hydrogens is 726 g/mol. The van der Waals surface area contributed by atoms with Gasteiger partial charge in [-0.3, -0.25) is 0 Å². The zero-order valence-corrected chi connectivity index (χ0v) is 34.8. The number of hydrogen-bond acceptors (Lipinski definition) is 1. The second kappa shape index (κ2) is 14.2. The van der Waals surface area contributed by atoms with Gasteiger partial charge < -0.3 is 0 Å². The van der Waals surface area contributed by atoms with Crippen LogP contribution in [0, 0.1) is 41.5 Å². The van der Waals surface area contributed by atoms with E-state index in [4.69, 9.17) is 4.74 Å². The number of aryl methyl sites for hydroxylation is 6. The van der Waals surface area contributed by atoms with E-state index in [1.54, 1.807) is 0 Å². The van der Waals surface area contributed by atoms with E-state index in [1.165, 1.54) is 59.8 Å². The summed E-state index contributed by atoms with van der Waals surface area (Å²) in [5.41, 5.74) is 7.75. The van der Waals surface area contributed by atoms with Crippen molar-refractivity contribution in [2.24, 2.45) is 0 Å². The normalized spacial score (nSPS) is 14.8. The van der Waals surface area contributed by atoms with Gasteiger partial charge in [0.25, 0.3) is 0 Å². The Hall–Kier alpha value is -3.63. The van der Waals surface area contributed by atoms with Crippen molar-refractivity contribution < 1.29 is 4.74 Å². The van der Waals surface area contributed by atoms with E-state index in [0.717, 1.165) is 25.9 Å². The predicted molar refractivity (Wildman–Crippen MR) is 219 cm³/mol. The molecule has 0 bridgehead atoms. The van der Waals surface area contributed by atoms with E-state index in [0.29, 0.717) is 0 Å². The van der Waals surface area contributed by atoms with Crippen molar-refractivity contribution in [3.8, 4) is 0 Å². The van der Waals surface area contributed by atoms with Gasteiger partial charge in [-0.15, -0.1) is 0 Å². The molecule has 0 spiro atoms. The second-order valence-electron chi connectivity index (χ2n) is 14.8. The van der Waals surface area contributed by atoms with E-state index < -0.39 is 29.8 Å². The van der Waals surface area contributed by atoms with Crippen molar-refractivity contribution in [1.29, 1.82) is 0 Å². The van der Waals surface area contributed by atoms with E-state index >= 15 is 0 Å². The zero-order valence-electron chi connectivity index (χ0n) is 30.6. The van der Waals surface area contributed by atoms with Crippen LogP contribution in [0.2, 0.25) is 0 Å². The number of hydrogen-bond donors (Lipinski definition) is 0. The first-order chi connectivity index (χ1) is 24.2. The summed E-state index contributed by atoms with van der Waals surface area (Å²) in [5.74, 6) is 0. The van der Waals surface area contributed by atoms with Gasteiger partial charge in [-0.05, 0) is 0 Å². The minimum atomic E-state index is -3.97. The molecule has 0 radical (unpaired) electrons. The summed E-state index contributed by atoms with van der Waals surface area (Å²) < 4.78 is 16.5. The molecule has 1 nitrogen and oxygen atoms in total. The number of rotatable bonds is 8. The molecule has 1 saturated heterocycles. The summed E-state index contributed by atoms with van der Waals surface area (Å²) in [7, 11) is 0. The van der Waals surface area contributed by atoms with Crippen molar-refractivity contribution in [3.63, 3.8) is 0 Å². The third-order valence-corrected chi connectivity index (χ3v) is 41.4. The Labute approximate surface area is 305 Å². The van der Waals surface area contributed by atoms with Crippen molar-refractivity contribution >= 4 is 52.9 Å². The SMILES string of the molecule is Cc1cc[c]([Ge]([c]2ccc(C)cc2)([c]2ccc(C)cc2)[C]2([Ge]([c]3ccc(C)cc3)([c]3ccc(C)cc3)[c]3ccc(C)cc3)CCCCO2)cc1. The van der Waals surface area contributed by atoms with E-state index in [-0.39, 0.29) is 0 Å². The molecule has 0 atom stereocenters. The quantitative estimate of drug-likeness (QED) is 0.149. The standard InChI is InChI=1S/C47H50Ge2O/c1-35-9-21-41(22-10-35)48(42-23-11-36(2)12-24-42,43-25-13-37(3)14-26-43)47(33-7-8-34-50-47)49(44-27-15-38(4)16-28-44,45-29-17-39(5)18-30-45)46-31-19-40(6)20-32-46/h9-32H,7-8,33-34H2,1-6H3. The third-order valence-electron chi connectivity index (χ3n) is 11.4. The van der Waals surface area contributed by atoms with Gasteiger partial charge in [-0.1, -0.05) is 0 Å². The fourth-order valence-corrected chi connectivity index (χ4v) is 47.8. The molecule has 7 rings (SSSR count). The van der Waals surface area contributed by atoms with Crippen LogP contribution in [0.3, 0.4) is 0 Å². The Morgan fingerprint density at radius 2 is 0.560 bits per heavy atom. The zero-order chi connectivity index (χ0) is 34.9. The van der Waals surface area contributed by atoms with Crippen molar-refractivity contribution in [1.82, 2.24) is 0 Å². The van der Waals surface area contributed by atoms with Gasteiger partial charge in [0.15, 0.2) is 0 Å². The number of ether oxygens (including phenoxy) is 1. The first kappa shape index (κ1) is 34.8. The molecule has 6 aromatic carbocycles. The van der Waals surface area contributed by atoms with Gasteiger partial charge in [0.05, 0.1) is 0 Å². The summed E-state index contributed by atoms with van der Waals surface area (Å²) in [6.45, 7) is 14.1. The fourth-order valence-electron chi connectivity index (χ4n) is 8.89. The van der Waals surface area contributed by atoms with Gasteiger partial charge in [0.1, 0.15) is 0 Å². The molecule has 252 valence electrons. The summed E-state index contributed by atoms with van der Waals surface area (Å²) in [5, 5.41) is 0. The average molecular weight is 776 g/mol. The van der Waals surface area contributed by atoms with E-state index in [9.17, 15) is 0 Å². The van der Waals surface area contributed by atoms with Crippen LogP contribution in [0.1, 0.15) is 52.6 Å². The topological polar surface area (TPSA) is 9.23 Å². The Balaban J connectivity index is 1.77. The minimum absolute atomic E-state index is 0.433. The molecular formula is C47H50Ge2O. The van der Waals surface area contributed by atoms with Gasteiger partial charge in [0, 0.05) is 0 Å². The van der Waals surface area contributed by atoms with Crippen molar-refractivity contribution in [2.45, 2.75) is 64.1 Å². The van der Waals surface area contributed by atoms with Crippen LogP contribution in [0.15, 0.2) is 146 Å². The maximum atomic E-state index is 8.07. The first-order valence-electron chi connectivity index (χ1n) is 18.3. The summed E-state index contributed by atoms with van der Waals surface area (Å²) in [6.07, 6.45) is 3.26. The fraction of sp³-hybridized carbons (Fsp3) is 0.234. The molecule has 1 heterocycles. The molecule has 1 fully saturated rings. The van der Waals surface area contributed by atoms with Crippen molar-refractivity contribution in [2.75, 3.05) is 6.61 Å². The molecule has 50 heavy (non-hydrogen) atoms. The summed E-state index contributed by atoms with van der Waals surface area (Å²) in [4.78, 5) is 0. The Bertz CT molecular complexity index is 1670. The van der Waals surface area contributed by atoms with E-state index in [1.807, 2.05) is 0 Å². The predicted octanol–water partition coefficient (Wildman–Crippen LogP) is 7.20. The van der Waals surface area contributed by atoms with Gasteiger partial charge in [-0.2, -0.15) is 0 Å². The Kier molecular flexibility index (Phi) is 9.87. The van der Waals surface area contributed by atoms with Crippen molar-refractivity contribution in [3.05, 3.63) is 179 Å². The van der Waals surface area contributed by atoms with Gasteiger partial charge in [0.2, 0.25) is 0 Å².